The van der Waals surface area contributed by atoms with E-state index in [1.54, 1.807) is 25.0 Å². The Morgan fingerprint density at radius 3 is 2.62 bits per heavy atom. The number of aryl methyl sites for hydroxylation is 1. The molecule has 0 unspecified atom stereocenters. The van der Waals surface area contributed by atoms with Gasteiger partial charge in [-0.25, -0.2) is 13.4 Å². The Morgan fingerprint density at radius 1 is 1.38 bits per heavy atom. The van der Waals surface area contributed by atoms with Crippen LogP contribution in [0, 0.1) is 0 Å². The van der Waals surface area contributed by atoms with Crippen molar-refractivity contribution >= 4 is 26.8 Å². The third-order valence-corrected chi connectivity index (χ3v) is 2.95. The van der Waals surface area contributed by atoms with Gasteiger partial charge in [0, 0.05) is 20.4 Å². The molecule has 0 fully saturated rings. The average molecular weight is 241 g/mol. The van der Waals surface area contributed by atoms with Crippen LogP contribution in [0.25, 0.3) is 11.2 Å². The minimum Gasteiger partial charge on any atom is -0.371 e. The molecule has 2 heterocycles. The molecule has 0 amide bonds. The molecule has 0 saturated heterocycles. The first-order chi connectivity index (χ1) is 7.43. The number of imidazole rings is 1. The Labute approximate surface area is 92.5 Å². The van der Waals surface area contributed by atoms with Gasteiger partial charge < -0.3 is 9.88 Å². The van der Waals surface area contributed by atoms with E-state index in [9.17, 15) is 8.42 Å². The van der Waals surface area contributed by atoms with E-state index < -0.39 is 9.84 Å². The van der Waals surface area contributed by atoms with Crippen molar-refractivity contribution in [1.82, 2.24) is 19.5 Å². The van der Waals surface area contributed by atoms with Crippen LogP contribution in [0.1, 0.15) is 0 Å². The summed E-state index contributed by atoms with van der Waals surface area (Å²) in [5.74, 6) is 0.408. The van der Waals surface area contributed by atoms with Crippen molar-refractivity contribution in [3.63, 3.8) is 0 Å². The fraction of sp³-hybridized carbons (Fsp3) is 0.375. The summed E-state index contributed by atoms with van der Waals surface area (Å²) >= 11 is 0. The number of nitrogens with one attached hydrogen (secondary N) is 1. The van der Waals surface area contributed by atoms with Crippen molar-refractivity contribution in [3.05, 3.63) is 6.33 Å². The van der Waals surface area contributed by atoms with Crippen LogP contribution < -0.4 is 5.32 Å². The minimum absolute atomic E-state index is 0.201. The molecule has 0 saturated carbocycles. The Kier molecular flexibility index (Phi) is 2.30. The van der Waals surface area contributed by atoms with Gasteiger partial charge in [0.1, 0.15) is 5.52 Å². The van der Waals surface area contributed by atoms with E-state index in [2.05, 4.69) is 20.3 Å². The Hall–Kier alpha value is -1.70. The van der Waals surface area contributed by atoms with Crippen molar-refractivity contribution in [3.8, 4) is 0 Å². The van der Waals surface area contributed by atoms with Gasteiger partial charge >= 0.3 is 0 Å². The first-order valence-corrected chi connectivity index (χ1v) is 6.39. The number of aromatic nitrogens is 4. The van der Waals surface area contributed by atoms with Crippen molar-refractivity contribution in [2.45, 2.75) is 5.16 Å². The second kappa shape index (κ2) is 3.41. The lowest BCUT2D eigenvalue weighted by molar-refractivity contribution is 0.593. The molecule has 0 spiro atoms. The fourth-order valence-electron chi connectivity index (χ4n) is 1.33. The zero-order valence-corrected chi connectivity index (χ0v) is 9.91. The van der Waals surface area contributed by atoms with E-state index in [1.807, 2.05) is 0 Å². The standard InChI is InChI=1S/C8H11N5O2S/c1-9-6-5-7(13(2)4-10-5)12-8(11-6)16(3,14)15/h4H,1-3H3,(H,9,11,12). The van der Waals surface area contributed by atoms with E-state index in [0.29, 0.717) is 17.0 Å². The highest BCUT2D eigenvalue weighted by Crippen LogP contribution is 2.19. The van der Waals surface area contributed by atoms with E-state index in [0.717, 1.165) is 6.26 Å². The zero-order chi connectivity index (χ0) is 11.9. The summed E-state index contributed by atoms with van der Waals surface area (Å²) in [7, 11) is -0.0257. The lowest BCUT2D eigenvalue weighted by Crippen LogP contribution is -2.07. The van der Waals surface area contributed by atoms with E-state index in [-0.39, 0.29) is 5.16 Å². The first kappa shape index (κ1) is 10.8. The second-order valence-electron chi connectivity index (χ2n) is 3.40. The van der Waals surface area contributed by atoms with Gasteiger partial charge in [-0.05, 0) is 0 Å². The smallest absolute Gasteiger partial charge is 0.250 e. The maximum Gasteiger partial charge on any atom is 0.250 e. The molecule has 1 N–H and O–H groups in total. The van der Waals surface area contributed by atoms with Gasteiger partial charge in [-0.1, -0.05) is 0 Å². The maximum atomic E-state index is 11.4. The number of fused-ring (bicyclic) bond motifs is 1. The molecule has 2 aromatic rings. The van der Waals surface area contributed by atoms with Crippen LogP contribution in [0.15, 0.2) is 11.5 Å². The van der Waals surface area contributed by atoms with Gasteiger partial charge in [-0.2, -0.15) is 9.97 Å². The van der Waals surface area contributed by atoms with Crippen LogP contribution in [-0.2, 0) is 16.9 Å². The zero-order valence-electron chi connectivity index (χ0n) is 9.09. The normalized spacial score (nSPS) is 11.9. The Balaban J connectivity index is 2.86. The number of anilines is 1. The first-order valence-electron chi connectivity index (χ1n) is 4.50. The molecule has 16 heavy (non-hydrogen) atoms. The number of hydrogen-bond donors (Lipinski definition) is 1. The molecular formula is C8H11N5O2S. The molecule has 0 atom stereocenters. The van der Waals surface area contributed by atoms with Crippen LogP contribution in [0.5, 0.6) is 0 Å². The Bertz CT molecular complexity index is 646. The van der Waals surface area contributed by atoms with Crippen molar-refractivity contribution in [2.75, 3.05) is 18.6 Å². The van der Waals surface area contributed by atoms with Crippen molar-refractivity contribution < 1.29 is 8.42 Å². The van der Waals surface area contributed by atoms with Crippen LogP contribution in [0.2, 0.25) is 0 Å². The quantitative estimate of drug-likeness (QED) is 0.733. The largest absolute Gasteiger partial charge is 0.371 e. The van der Waals surface area contributed by atoms with E-state index >= 15 is 0 Å². The fourth-order valence-corrected chi connectivity index (χ4v) is 1.84. The summed E-state index contributed by atoms with van der Waals surface area (Å²) in [5, 5.41) is 2.60. The van der Waals surface area contributed by atoms with Crippen LogP contribution in [0.3, 0.4) is 0 Å². The molecule has 0 radical (unpaired) electrons. The lowest BCUT2D eigenvalue weighted by Gasteiger charge is -2.03. The predicted octanol–water partition coefficient (Wildman–Crippen LogP) is -0.192. The van der Waals surface area contributed by atoms with Crippen molar-refractivity contribution in [2.24, 2.45) is 7.05 Å². The van der Waals surface area contributed by atoms with E-state index in [4.69, 9.17) is 0 Å². The number of hydrogen-bond acceptors (Lipinski definition) is 6. The summed E-state index contributed by atoms with van der Waals surface area (Å²) in [5.41, 5.74) is 1.04. The lowest BCUT2D eigenvalue weighted by atomic mass is 10.5. The predicted molar refractivity (Wildman–Crippen MR) is 59.0 cm³/mol. The monoisotopic (exact) mass is 241 g/mol. The highest BCUT2D eigenvalue weighted by atomic mass is 32.2. The summed E-state index contributed by atoms with van der Waals surface area (Å²) in [6, 6.07) is 0. The maximum absolute atomic E-state index is 11.4. The SMILES string of the molecule is CNc1nc(S(C)(=O)=O)nc2c1ncn2C. The molecule has 0 aromatic carbocycles. The molecule has 0 aliphatic heterocycles. The number of nitrogens with zero attached hydrogens (tertiary/aromatic N) is 4. The van der Waals surface area contributed by atoms with Gasteiger partial charge in [-0.3, -0.25) is 0 Å². The summed E-state index contributed by atoms with van der Waals surface area (Å²) < 4.78 is 24.4. The molecular weight excluding hydrogens is 230 g/mol. The summed E-state index contributed by atoms with van der Waals surface area (Å²) in [4.78, 5) is 12.0. The third kappa shape index (κ3) is 1.60. The summed E-state index contributed by atoms with van der Waals surface area (Å²) in [6.07, 6.45) is 2.64. The van der Waals surface area contributed by atoms with Crippen molar-refractivity contribution in [1.29, 1.82) is 0 Å². The minimum atomic E-state index is -3.42. The topological polar surface area (TPSA) is 89.8 Å². The van der Waals surface area contributed by atoms with Crippen LogP contribution in [-0.4, -0.2) is 41.2 Å². The third-order valence-electron chi connectivity index (χ3n) is 2.11. The van der Waals surface area contributed by atoms with Gasteiger partial charge in [0.15, 0.2) is 11.5 Å². The Morgan fingerprint density at radius 2 is 2.06 bits per heavy atom. The molecule has 0 aliphatic carbocycles. The van der Waals surface area contributed by atoms with Gasteiger partial charge in [0.2, 0.25) is 9.84 Å². The molecule has 0 aliphatic rings. The van der Waals surface area contributed by atoms with E-state index in [1.165, 1.54) is 0 Å². The van der Waals surface area contributed by atoms with Crippen LogP contribution in [0.4, 0.5) is 5.82 Å². The number of sulfone groups is 1. The van der Waals surface area contributed by atoms with Gasteiger partial charge in [0.25, 0.3) is 5.16 Å². The molecule has 8 heteroatoms. The average Bonchev–Trinajstić information content (AvgIpc) is 2.58. The second-order valence-corrected chi connectivity index (χ2v) is 5.31. The molecule has 86 valence electrons. The molecule has 2 rings (SSSR count). The highest BCUT2D eigenvalue weighted by Gasteiger charge is 2.17. The molecule has 7 nitrogen and oxygen atoms in total. The highest BCUT2D eigenvalue weighted by molar-refractivity contribution is 7.90. The number of rotatable bonds is 2. The van der Waals surface area contributed by atoms with Crippen LogP contribution >= 0.6 is 0 Å². The van der Waals surface area contributed by atoms with Gasteiger partial charge in [0.05, 0.1) is 6.33 Å². The van der Waals surface area contributed by atoms with Gasteiger partial charge in [-0.15, -0.1) is 0 Å². The molecule has 2 aromatic heterocycles. The molecule has 0 bridgehead atoms. The summed E-state index contributed by atoms with van der Waals surface area (Å²) in [6.45, 7) is 0.